The first-order valence-electron chi connectivity index (χ1n) is 7.22. The van der Waals surface area contributed by atoms with E-state index in [1.807, 2.05) is 0 Å². The average molecular weight is 255 g/mol. The first kappa shape index (κ1) is 15.2. The van der Waals surface area contributed by atoms with Crippen LogP contribution in [-0.4, -0.2) is 42.6 Å². The Morgan fingerprint density at radius 2 is 2.06 bits per heavy atom. The first-order valence-corrected chi connectivity index (χ1v) is 7.22. The third-order valence-corrected chi connectivity index (χ3v) is 3.38. The molecular formula is C13H29N5. The van der Waals surface area contributed by atoms with Gasteiger partial charge in [-0.25, -0.2) is 10.8 Å². The molecule has 0 heterocycles. The van der Waals surface area contributed by atoms with Crippen LogP contribution in [0.2, 0.25) is 0 Å². The van der Waals surface area contributed by atoms with E-state index in [4.69, 9.17) is 5.84 Å². The fourth-order valence-electron chi connectivity index (χ4n) is 1.97. The van der Waals surface area contributed by atoms with Crippen molar-refractivity contribution in [3.8, 4) is 0 Å². The number of rotatable bonds is 8. The molecule has 0 amide bonds. The third-order valence-electron chi connectivity index (χ3n) is 3.38. The fraction of sp³-hybridized carbons (Fsp3) is 0.923. The normalized spacial score (nSPS) is 17.9. The van der Waals surface area contributed by atoms with Crippen LogP contribution in [0.3, 0.4) is 0 Å². The maximum Gasteiger partial charge on any atom is 0.206 e. The van der Waals surface area contributed by atoms with Crippen molar-refractivity contribution in [2.45, 2.75) is 58.5 Å². The van der Waals surface area contributed by atoms with Gasteiger partial charge in [0.05, 0.1) is 6.04 Å². The van der Waals surface area contributed by atoms with Gasteiger partial charge in [-0.2, -0.15) is 0 Å². The molecule has 4 N–H and O–H groups in total. The SMILES string of the molecule is CCN(CC)CCCC(C)NC(=NC1CC1)NN. The van der Waals surface area contributed by atoms with E-state index in [0.29, 0.717) is 12.1 Å². The number of nitrogens with one attached hydrogen (secondary N) is 2. The highest BCUT2D eigenvalue weighted by atomic mass is 15.3. The molecule has 1 atom stereocenters. The second-order valence-corrected chi connectivity index (χ2v) is 5.07. The van der Waals surface area contributed by atoms with Gasteiger partial charge in [0.1, 0.15) is 0 Å². The van der Waals surface area contributed by atoms with Crippen molar-refractivity contribution >= 4 is 5.96 Å². The van der Waals surface area contributed by atoms with Crippen LogP contribution in [0.4, 0.5) is 0 Å². The lowest BCUT2D eigenvalue weighted by Gasteiger charge is -2.20. The van der Waals surface area contributed by atoms with Gasteiger partial charge in [-0.3, -0.25) is 5.43 Å². The molecule has 0 aliphatic heterocycles. The number of guanidine groups is 1. The van der Waals surface area contributed by atoms with Crippen LogP contribution >= 0.6 is 0 Å². The number of hydrogen-bond acceptors (Lipinski definition) is 3. The summed E-state index contributed by atoms with van der Waals surface area (Å²) >= 11 is 0. The minimum absolute atomic E-state index is 0.411. The number of nitrogens with zero attached hydrogens (tertiary/aromatic N) is 2. The predicted octanol–water partition coefficient (Wildman–Crippen LogP) is 1.07. The molecule has 0 bridgehead atoms. The van der Waals surface area contributed by atoms with Crippen LogP contribution in [0.25, 0.3) is 0 Å². The summed E-state index contributed by atoms with van der Waals surface area (Å²) in [5.41, 5.74) is 2.65. The zero-order valence-corrected chi connectivity index (χ0v) is 12.1. The monoisotopic (exact) mass is 255 g/mol. The van der Waals surface area contributed by atoms with E-state index < -0.39 is 0 Å². The van der Waals surface area contributed by atoms with Crippen molar-refractivity contribution in [3.63, 3.8) is 0 Å². The van der Waals surface area contributed by atoms with Gasteiger partial charge in [-0.15, -0.1) is 0 Å². The van der Waals surface area contributed by atoms with Gasteiger partial charge in [-0.1, -0.05) is 13.8 Å². The Morgan fingerprint density at radius 3 is 2.56 bits per heavy atom. The van der Waals surface area contributed by atoms with Crippen molar-refractivity contribution in [2.75, 3.05) is 19.6 Å². The van der Waals surface area contributed by atoms with Gasteiger partial charge < -0.3 is 10.2 Å². The zero-order valence-electron chi connectivity index (χ0n) is 12.1. The van der Waals surface area contributed by atoms with Crippen molar-refractivity contribution in [1.82, 2.24) is 15.6 Å². The van der Waals surface area contributed by atoms with E-state index in [-0.39, 0.29) is 0 Å². The summed E-state index contributed by atoms with van der Waals surface area (Å²) in [5, 5.41) is 3.34. The summed E-state index contributed by atoms with van der Waals surface area (Å²) in [5.74, 6) is 6.21. The van der Waals surface area contributed by atoms with Gasteiger partial charge in [0.15, 0.2) is 0 Å². The molecule has 0 aromatic carbocycles. The lowest BCUT2D eigenvalue weighted by atomic mass is 10.2. The Labute approximate surface area is 111 Å². The summed E-state index contributed by atoms with van der Waals surface area (Å²) in [6.07, 6.45) is 4.74. The van der Waals surface area contributed by atoms with E-state index in [1.165, 1.54) is 25.8 Å². The molecule has 0 aromatic rings. The minimum Gasteiger partial charge on any atom is -0.353 e. The Bertz CT molecular complexity index is 246. The van der Waals surface area contributed by atoms with E-state index >= 15 is 0 Å². The Morgan fingerprint density at radius 1 is 1.39 bits per heavy atom. The highest BCUT2D eigenvalue weighted by molar-refractivity contribution is 5.79. The van der Waals surface area contributed by atoms with Crippen molar-refractivity contribution < 1.29 is 0 Å². The first-order chi connectivity index (χ1) is 8.69. The van der Waals surface area contributed by atoms with Gasteiger partial charge in [-0.05, 0) is 52.2 Å². The molecular weight excluding hydrogens is 226 g/mol. The van der Waals surface area contributed by atoms with E-state index in [1.54, 1.807) is 0 Å². The maximum absolute atomic E-state index is 5.47. The smallest absolute Gasteiger partial charge is 0.206 e. The minimum atomic E-state index is 0.411. The van der Waals surface area contributed by atoms with Gasteiger partial charge >= 0.3 is 0 Å². The fourth-order valence-corrected chi connectivity index (χ4v) is 1.97. The summed E-state index contributed by atoms with van der Waals surface area (Å²) in [6.45, 7) is 10.0. The zero-order chi connectivity index (χ0) is 13.4. The number of aliphatic imine (C=N–C) groups is 1. The highest BCUT2D eigenvalue weighted by Crippen LogP contribution is 2.23. The van der Waals surface area contributed by atoms with E-state index in [9.17, 15) is 0 Å². The summed E-state index contributed by atoms with van der Waals surface area (Å²) in [6, 6.07) is 0.903. The van der Waals surface area contributed by atoms with Crippen LogP contribution < -0.4 is 16.6 Å². The Kier molecular flexibility index (Phi) is 7.05. The molecule has 1 fully saturated rings. The van der Waals surface area contributed by atoms with Gasteiger partial charge in [0, 0.05) is 6.04 Å². The molecule has 5 heteroatoms. The molecule has 1 rings (SSSR count). The number of hydrogen-bond donors (Lipinski definition) is 3. The molecule has 1 saturated carbocycles. The molecule has 5 nitrogen and oxygen atoms in total. The Balaban J connectivity index is 2.17. The third kappa shape index (κ3) is 6.21. The topological polar surface area (TPSA) is 65.7 Å². The van der Waals surface area contributed by atoms with Crippen molar-refractivity contribution in [3.05, 3.63) is 0 Å². The van der Waals surface area contributed by atoms with E-state index in [2.05, 4.69) is 41.4 Å². The molecule has 18 heavy (non-hydrogen) atoms. The molecule has 1 unspecified atom stereocenters. The lowest BCUT2D eigenvalue weighted by Crippen LogP contribution is -2.45. The summed E-state index contributed by atoms with van der Waals surface area (Å²) < 4.78 is 0. The number of hydrazine groups is 1. The van der Waals surface area contributed by atoms with Gasteiger partial charge in [0.25, 0.3) is 0 Å². The largest absolute Gasteiger partial charge is 0.353 e. The molecule has 0 aromatic heterocycles. The van der Waals surface area contributed by atoms with Crippen LogP contribution in [0.5, 0.6) is 0 Å². The van der Waals surface area contributed by atoms with Crippen LogP contribution in [0.1, 0.15) is 46.5 Å². The van der Waals surface area contributed by atoms with E-state index in [0.717, 1.165) is 25.5 Å². The molecule has 0 saturated heterocycles. The summed E-state index contributed by atoms with van der Waals surface area (Å²) in [7, 11) is 0. The van der Waals surface area contributed by atoms with Gasteiger partial charge in [0.2, 0.25) is 5.96 Å². The summed E-state index contributed by atoms with van der Waals surface area (Å²) in [4.78, 5) is 6.93. The molecule has 106 valence electrons. The quantitative estimate of drug-likeness (QED) is 0.263. The Hall–Kier alpha value is -0.810. The van der Waals surface area contributed by atoms with Crippen LogP contribution in [0.15, 0.2) is 4.99 Å². The van der Waals surface area contributed by atoms with Crippen LogP contribution in [-0.2, 0) is 0 Å². The molecule has 1 aliphatic carbocycles. The van der Waals surface area contributed by atoms with Crippen LogP contribution in [0, 0.1) is 0 Å². The number of nitrogens with two attached hydrogens (primary N) is 1. The second-order valence-electron chi connectivity index (χ2n) is 5.07. The molecule has 1 aliphatic rings. The van der Waals surface area contributed by atoms with Crippen molar-refractivity contribution in [1.29, 1.82) is 0 Å². The highest BCUT2D eigenvalue weighted by Gasteiger charge is 2.21. The van der Waals surface area contributed by atoms with Crippen molar-refractivity contribution in [2.24, 2.45) is 10.8 Å². The molecule has 0 spiro atoms. The standard InChI is InChI=1S/C13H29N5/c1-4-18(5-2)10-6-7-11(3)15-13(17-14)16-12-8-9-12/h11-12H,4-10,14H2,1-3H3,(H2,15,16,17). The predicted molar refractivity (Wildman–Crippen MR) is 77.4 cm³/mol. The average Bonchev–Trinajstić information content (AvgIpc) is 3.17. The lowest BCUT2D eigenvalue weighted by molar-refractivity contribution is 0.292. The molecule has 0 radical (unpaired) electrons. The second kappa shape index (κ2) is 8.32. The maximum atomic E-state index is 5.47.